The van der Waals surface area contributed by atoms with E-state index in [1.165, 1.54) is 11.1 Å². The fourth-order valence-electron chi connectivity index (χ4n) is 1.64. The van der Waals surface area contributed by atoms with Gasteiger partial charge in [0.15, 0.2) is 0 Å². The van der Waals surface area contributed by atoms with Gasteiger partial charge < -0.3 is 5.73 Å². The van der Waals surface area contributed by atoms with Gasteiger partial charge in [0.25, 0.3) is 0 Å². The van der Waals surface area contributed by atoms with E-state index >= 15 is 0 Å². The van der Waals surface area contributed by atoms with Crippen molar-refractivity contribution in [2.45, 2.75) is 6.42 Å². The lowest BCUT2D eigenvalue weighted by Gasteiger charge is -2.01. The van der Waals surface area contributed by atoms with Crippen molar-refractivity contribution in [2.75, 3.05) is 6.54 Å². The highest BCUT2D eigenvalue weighted by atomic mass is 15.2. The fourth-order valence-corrected chi connectivity index (χ4v) is 1.64. The minimum atomic E-state index is 0.691. The summed E-state index contributed by atoms with van der Waals surface area (Å²) in [6.45, 7) is 0.691. The fraction of sp³-hybridized carbons (Fsp3) is 0.250. The lowest BCUT2D eigenvalue weighted by molar-refractivity contribution is 0.768. The molecule has 0 fully saturated rings. The molecule has 2 N–H and O–H groups in total. The largest absolute Gasteiger partial charge is 0.330 e. The maximum atomic E-state index is 5.54. The molecule has 2 aromatic rings. The molecule has 0 radical (unpaired) electrons. The van der Waals surface area contributed by atoms with E-state index in [0.717, 1.165) is 12.0 Å². The minimum Gasteiger partial charge on any atom is -0.330 e. The smallest absolute Gasteiger partial charge is 0.0568 e. The Hall–Kier alpha value is -1.61. The number of hydrogen-bond donors (Lipinski definition) is 1. The Bertz CT molecular complexity index is 446. The average molecular weight is 201 g/mol. The zero-order valence-corrected chi connectivity index (χ0v) is 8.85. The van der Waals surface area contributed by atoms with Crippen LogP contribution in [0.2, 0.25) is 0 Å². The summed E-state index contributed by atoms with van der Waals surface area (Å²) >= 11 is 0. The first-order valence-electron chi connectivity index (χ1n) is 5.07. The highest BCUT2D eigenvalue weighted by Crippen LogP contribution is 2.19. The number of nitrogens with zero attached hydrogens (tertiary/aromatic N) is 2. The van der Waals surface area contributed by atoms with Gasteiger partial charge in [-0.25, -0.2) is 0 Å². The summed E-state index contributed by atoms with van der Waals surface area (Å²) < 4.78 is 1.81. The van der Waals surface area contributed by atoms with Gasteiger partial charge in [-0.3, -0.25) is 4.68 Å². The first-order valence-corrected chi connectivity index (χ1v) is 5.07. The number of aryl methyl sites for hydroxylation is 1. The van der Waals surface area contributed by atoms with E-state index in [2.05, 4.69) is 29.4 Å². The normalized spacial score (nSPS) is 10.5. The summed E-state index contributed by atoms with van der Waals surface area (Å²) in [7, 11) is 1.92. The monoisotopic (exact) mass is 201 g/mol. The number of hydrogen-bond acceptors (Lipinski definition) is 2. The zero-order chi connectivity index (χ0) is 10.7. The highest BCUT2D eigenvalue weighted by Gasteiger charge is 2.00. The van der Waals surface area contributed by atoms with Crippen LogP contribution in [-0.2, 0) is 13.5 Å². The van der Waals surface area contributed by atoms with E-state index in [-0.39, 0.29) is 0 Å². The van der Waals surface area contributed by atoms with Crippen molar-refractivity contribution in [1.82, 2.24) is 9.78 Å². The first-order chi connectivity index (χ1) is 7.29. The van der Waals surface area contributed by atoms with Crippen molar-refractivity contribution in [3.05, 3.63) is 42.2 Å². The van der Waals surface area contributed by atoms with Crippen LogP contribution in [0, 0.1) is 0 Å². The Morgan fingerprint density at radius 1 is 1.33 bits per heavy atom. The Labute approximate surface area is 89.5 Å². The quantitative estimate of drug-likeness (QED) is 0.819. The van der Waals surface area contributed by atoms with Gasteiger partial charge in [0.1, 0.15) is 0 Å². The van der Waals surface area contributed by atoms with Crippen LogP contribution in [0.25, 0.3) is 11.1 Å². The van der Waals surface area contributed by atoms with Crippen molar-refractivity contribution < 1.29 is 0 Å². The van der Waals surface area contributed by atoms with Crippen molar-refractivity contribution in [3.63, 3.8) is 0 Å². The molecule has 0 atom stereocenters. The third-order valence-electron chi connectivity index (χ3n) is 2.40. The first kappa shape index (κ1) is 9.93. The standard InChI is InChI=1S/C12H15N3/c1-15-9-12(8-14-15)11-4-2-3-10(7-11)5-6-13/h2-4,7-9H,5-6,13H2,1H3. The number of nitrogens with two attached hydrogens (primary N) is 1. The highest BCUT2D eigenvalue weighted by molar-refractivity contribution is 5.62. The molecule has 0 saturated carbocycles. The van der Waals surface area contributed by atoms with Gasteiger partial charge in [0.05, 0.1) is 6.20 Å². The van der Waals surface area contributed by atoms with Crippen molar-refractivity contribution in [3.8, 4) is 11.1 Å². The van der Waals surface area contributed by atoms with Crippen LogP contribution in [0.15, 0.2) is 36.7 Å². The average Bonchev–Trinajstić information content (AvgIpc) is 2.66. The van der Waals surface area contributed by atoms with Gasteiger partial charge in [0, 0.05) is 18.8 Å². The molecular formula is C12H15N3. The van der Waals surface area contributed by atoms with Crippen LogP contribution < -0.4 is 5.73 Å². The van der Waals surface area contributed by atoms with Gasteiger partial charge in [-0.15, -0.1) is 0 Å². The van der Waals surface area contributed by atoms with Crippen LogP contribution in [0.1, 0.15) is 5.56 Å². The molecule has 0 bridgehead atoms. The summed E-state index contributed by atoms with van der Waals surface area (Å²) in [6.07, 6.45) is 4.82. The van der Waals surface area contributed by atoms with Gasteiger partial charge >= 0.3 is 0 Å². The Kier molecular flexibility index (Phi) is 2.83. The Morgan fingerprint density at radius 3 is 2.87 bits per heavy atom. The summed E-state index contributed by atoms with van der Waals surface area (Å²) in [5.74, 6) is 0. The number of benzene rings is 1. The topological polar surface area (TPSA) is 43.8 Å². The van der Waals surface area contributed by atoms with Gasteiger partial charge in [0.2, 0.25) is 0 Å². The van der Waals surface area contributed by atoms with E-state index in [1.807, 2.05) is 24.1 Å². The number of rotatable bonds is 3. The maximum Gasteiger partial charge on any atom is 0.0568 e. The summed E-state index contributed by atoms with van der Waals surface area (Å²) in [5, 5.41) is 4.16. The second-order valence-electron chi connectivity index (χ2n) is 3.64. The van der Waals surface area contributed by atoms with Gasteiger partial charge in [-0.2, -0.15) is 5.10 Å². The molecule has 0 aliphatic heterocycles. The predicted molar refractivity (Wildman–Crippen MR) is 61.4 cm³/mol. The van der Waals surface area contributed by atoms with Gasteiger partial charge in [-0.1, -0.05) is 24.3 Å². The molecule has 0 amide bonds. The molecule has 78 valence electrons. The molecule has 0 spiro atoms. The van der Waals surface area contributed by atoms with Crippen LogP contribution in [0.3, 0.4) is 0 Å². The third kappa shape index (κ3) is 2.25. The van der Waals surface area contributed by atoms with Crippen molar-refractivity contribution in [1.29, 1.82) is 0 Å². The van der Waals surface area contributed by atoms with Crippen molar-refractivity contribution in [2.24, 2.45) is 12.8 Å². The predicted octanol–water partition coefficient (Wildman–Crippen LogP) is 1.59. The third-order valence-corrected chi connectivity index (χ3v) is 2.40. The lowest BCUT2D eigenvalue weighted by Crippen LogP contribution is -2.02. The van der Waals surface area contributed by atoms with Crippen LogP contribution in [0.5, 0.6) is 0 Å². The zero-order valence-electron chi connectivity index (χ0n) is 8.85. The van der Waals surface area contributed by atoms with E-state index in [9.17, 15) is 0 Å². The molecule has 2 rings (SSSR count). The second kappa shape index (κ2) is 4.28. The summed E-state index contributed by atoms with van der Waals surface area (Å²) in [4.78, 5) is 0. The SMILES string of the molecule is Cn1cc(-c2cccc(CCN)c2)cn1. The maximum absolute atomic E-state index is 5.54. The molecule has 0 aliphatic rings. The van der Waals surface area contributed by atoms with E-state index < -0.39 is 0 Å². The van der Waals surface area contributed by atoms with E-state index in [0.29, 0.717) is 6.54 Å². The Morgan fingerprint density at radius 2 is 2.20 bits per heavy atom. The molecule has 15 heavy (non-hydrogen) atoms. The molecule has 1 aromatic carbocycles. The molecule has 1 aromatic heterocycles. The van der Waals surface area contributed by atoms with Crippen molar-refractivity contribution >= 4 is 0 Å². The van der Waals surface area contributed by atoms with E-state index in [4.69, 9.17) is 5.73 Å². The van der Waals surface area contributed by atoms with Gasteiger partial charge in [-0.05, 0) is 24.1 Å². The summed E-state index contributed by atoms with van der Waals surface area (Å²) in [6, 6.07) is 8.43. The molecular weight excluding hydrogens is 186 g/mol. The molecule has 3 nitrogen and oxygen atoms in total. The molecule has 1 heterocycles. The molecule has 3 heteroatoms. The van der Waals surface area contributed by atoms with E-state index in [1.54, 1.807) is 0 Å². The second-order valence-corrected chi connectivity index (χ2v) is 3.64. The summed E-state index contributed by atoms with van der Waals surface area (Å²) in [5.41, 5.74) is 9.17. The lowest BCUT2D eigenvalue weighted by atomic mass is 10.0. The van der Waals surface area contributed by atoms with Crippen LogP contribution in [0.4, 0.5) is 0 Å². The molecule has 0 aliphatic carbocycles. The number of aromatic nitrogens is 2. The Balaban J connectivity index is 2.32. The van der Waals surface area contributed by atoms with Crippen LogP contribution in [-0.4, -0.2) is 16.3 Å². The molecule has 0 unspecified atom stereocenters. The minimum absolute atomic E-state index is 0.691. The molecule has 0 saturated heterocycles. The van der Waals surface area contributed by atoms with Crippen LogP contribution >= 0.6 is 0 Å².